The molecule has 0 aliphatic rings. The highest BCUT2D eigenvalue weighted by Gasteiger charge is 2.16. The van der Waals surface area contributed by atoms with Crippen LogP contribution in [-0.2, 0) is 37.1 Å². The van der Waals surface area contributed by atoms with Gasteiger partial charge in [-0.25, -0.2) is 8.42 Å². The minimum Gasteiger partial charge on any atom is -0.493 e. The van der Waals surface area contributed by atoms with E-state index in [2.05, 4.69) is 4.99 Å². The van der Waals surface area contributed by atoms with Gasteiger partial charge in [-0.05, 0) is 24.6 Å². The van der Waals surface area contributed by atoms with E-state index in [1.807, 2.05) is 0 Å². The van der Waals surface area contributed by atoms with E-state index in [0.29, 0.717) is 27.4 Å². The van der Waals surface area contributed by atoms with Crippen LogP contribution in [0.3, 0.4) is 0 Å². The summed E-state index contributed by atoms with van der Waals surface area (Å²) in [5.74, 6) is 0.0880. The molecule has 11 heteroatoms. The maximum Gasteiger partial charge on any atom is 0.326 e. The molecule has 0 saturated heterocycles. The van der Waals surface area contributed by atoms with Crippen LogP contribution in [0.2, 0.25) is 0 Å². The molecule has 2 aromatic carbocycles. The number of benzene rings is 2. The highest BCUT2D eigenvalue weighted by Crippen LogP contribution is 2.33. The fraction of sp³-hybridized carbons (Fsp3) is 0.318. The lowest BCUT2D eigenvalue weighted by Gasteiger charge is -2.09. The number of esters is 1. The average molecular weight is 493 g/mol. The highest BCUT2D eigenvalue weighted by molar-refractivity contribution is 7.90. The first kappa shape index (κ1) is 24.5. The van der Waals surface area contributed by atoms with Crippen LogP contribution in [0.1, 0.15) is 12.5 Å². The van der Waals surface area contributed by atoms with Crippen molar-refractivity contribution >= 4 is 43.3 Å². The highest BCUT2D eigenvalue weighted by atomic mass is 32.2. The molecule has 0 aliphatic carbocycles. The lowest BCUT2D eigenvalue weighted by Crippen LogP contribution is -2.23. The van der Waals surface area contributed by atoms with Gasteiger partial charge in [-0.1, -0.05) is 23.5 Å². The largest absolute Gasteiger partial charge is 0.493 e. The number of methoxy groups -OCH3 is 2. The number of amides is 1. The number of nitrogens with zero attached hydrogens (tertiary/aromatic N) is 2. The lowest BCUT2D eigenvalue weighted by molar-refractivity contribution is -0.143. The number of sulfone groups is 1. The summed E-state index contributed by atoms with van der Waals surface area (Å²) in [5, 5.41) is 0. The van der Waals surface area contributed by atoms with Crippen LogP contribution in [0, 0.1) is 0 Å². The molecule has 33 heavy (non-hydrogen) atoms. The van der Waals surface area contributed by atoms with Crippen molar-refractivity contribution in [2.45, 2.75) is 24.8 Å². The van der Waals surface area contributed by atoms with Gasteiger partial charge >= 0.3 is 5.97 Å². The van der Waals surface area contributed by atoms with E-state index in [1.54, 1.807) is 35.8 Å². The van der Waals surface area contributed by atoms with Crippen molar-refractivity contribution in [3.63, 3.8) is 0 Å². The van der Waals surface area contributed by atoms with Crippen molar-refractivity contribution in [2.75, 3.05) is 27.1 Å². The van der Waals surface area contributed by atoms with E-state index in [0.717, 1.165) is 11.0 Å². The van der Waals surface area contributed by atoms with E-state index in [1.165, 1.54) is 37.7 Å². The molecule has 3 aromatic rings. The number of thiazole rings is 1. The molecule has 0 N–H and O–H groups in total. The zero-order valence-corrected chi connectivity index (χ0v) is 20.3. The summed E-state index contributed by atoms with van der Waals surface area (Å²) < 4.78 is 41.4. The molecule has 0 spiro atoms. The molecule has 0 radical (unpaired) electrons. The van der Waals surface area contributed by atoms with Crippen LogP contribution < -0.4 is 14.3 Å². The first-order valence-corrected chi connectivity index (χ1v) is 12.6. The van der Waals surface area contributed by atoms with Crippen LogP contribution in [0.4, 0.5) is 0 Å². The van der Waals surface area contributed by atoms with Gasteiger partial charge in [0.2, 0.25) is 0 Å². The Morgan fingerprint density at radius 2 is 1.70 bits per heavy atom. The van der Waals surface area contributed by atoms with Gasteiger partial charge in [-0.3, -0.25) is 9.59 Å². The van der Waals surface area contributed by atoms with Gasteiger partial charge in [-0.2, -0.15) is 4.99 Å². The van der Waals surface area contributed by atoms with Crippen molar-refractivity contribution in [1.82, 2.24) is 4.57 Å². The Balaban J connectivity index is 2.02. The van der Waals surface area contributed by atoms with Crippen molar-refractivity contribution in [2.24, 2.45) is 4.99 Å². The first-order valence-electron chi connectivity index (χ1n) is 9.93. The molecular weight excluding hydrogens is 468 g/mol. The van der Waals surface area contributed by atoms with Gasteiger partial charge in [0.1, 0.15) is 6.54 Å². The first-order chi connectivity index (χ1) is 15.7. The summed E-state index contributed by atoms with van der Waals surface area (Å²) >= 11 is 1.23. The fourth-order valence-electron chi connectivity index (χ4n) is 3.15. The molecule has 0 aliphatic heterocycles. The fourth-order valence-corrected chi connectivity index (χ4v) is 4.83. The number of carbonyl (C=O) groups excluding carboxylic acids is 2. The van der Waals surface area contributed by atoms with E-state index < -0.39 is 21.7 Å². The Labute approximate surface area is 195 Å². The maximum atomic E-state index is 12.7. The Morgan fingerprint density at radius 3 is 2.27 bits per heavy atom. The summed E-state index contributed by atoms with van der Waals surface area (Å²) in [6.07, 6.45) is 1.10. The van der Waals surface area contributed by atoms with Gasteiger partial charge in [-0.15, -0.1) is 0 Å². The number of carbonyl (C=O) groups is 2. The third-order valence-electron chi connectivity index (χ3n) is 4.71. The quantitative estimate of drug-likeness (QED) is 0.444. The second-order valence-electron chi connectivity index (χ2n) is 7.05. The summed E-state index contributed by atoms with van der Waals surface area (Å²) in [6, 6.07) is 9.55. The van der Waals surface area contributed by atoms with Crippen molar-refractivity contribution < 1.29 is 32.2 Å². The van der Waals surface area contributed by atoms with E-state index in [4.69, 9.17) is 14.2 Å². The van der Waals surface area contributed by atoms with Crippen molar-refractivity contribution in [3.05, 3.63) is 46.8 Å². The number of fused-ring (bicyclic) bond motifs is 1. The molecule has 0 fully saturated rings. The predicted molar refractivity (Wildman–Crippen MR) is 123 cm³/mol. The standard InChI is InChI=1S/C22H24N2O7S2/c1-5-31-21(26)13-24-16-11-17(29-2)18(30-3)12-19(16)32-22(24)23-20(25)10-14-6-8-15(9-7-14)33(4,27)28/h6-9,11-12H,5,10,13H2,1-4H3. The van der Waals surface area contributed by atoms with Gasteiger partial charge < -0.3 is 18.8 Å². The summed E-state index contributed by atoms with van der Waals surface area (Å²) in [4.78, 5) is 29.6. The zero-order chi connectivity index (χ0) is 24.2. The predicted octanol–water partition coefficient (Wildman–Crippen LogP) is 2.36. The molecule has 1 aromatic heterocycles. The van der Waals surface area contributed by atoms with Gasteiger partial charge in [0.25, 0.3) is 5.91 Å². The van der Waals surface area contributed by atoms with E-state index in [-0.39, 0.29) is 24.5 Å². The Kier molecular flexibility index (Phi) is 7.54. The number of hydrogen-bond donors (Lipinski definition) is 0. The minimum absolute atomic E-state index is 0.0235. The Bertz CT molecular complexity index is 1350. The lowest BCUT2D eigenvalue weighted by atomic mass is 10.1. The van der Waals surface area contributed by atoms with E-state index in [9.17, 15) is 18.0 Å². The molecule has 0 saturated carbocycles. The van der Waals surface area contributed by atoms with Crippen LogP contribution in [0.15, 0.2) is 46.3 Å². The summed E-state index contributed by atoms with van der Waals surface area (Å²) in [5.41, 5.74) is 1.27. The Hall–Kier alpha value is -3.18. The summed E-state index contributed by atoms with van der Waals surface area (Å²) in [7, 11) is -0.288. The van der Waals surface area contributed by atoms with E-state index >= 15 is 0 Å². The number of rotatable bonds is 8. The average Bonchev–Trinajstić information content (AvgIpc) is 3.08. The molecule has 1 heterocycles. The maximum absolute atomic E-state index is 12.7. The van der Waals surface area contributed by atoms with Crippen LogP contribution in [-0.4, -0.2) is 51.9 Å². The van der Waals surface area contributed by atoms with Crippen molar-refractivity contribution in [3.8, 4) is 11.5 Å². The molecule has 3 rings (SSSR count). The second kappa shape index (κ2) is 10.2. The third-order valence-corrected chi connectivity index (χ3v) is 6.88. The summed E-state index contributed by atoms with van der Waals surface area (Å²) in [6.45, 7) is 1.82. The van der Waals surface area contributed by atoms with Gasteiger partial charge in [0.05, 0.1) is 42.4 Å². The Morgan fingerprint density at radius 1 is 1.06 bits per heavy atom. The molecular formula is C22H24N2O7S2. The smallest absolute Gasteiger partial charge is 0.326 e. The molecule has 9 nitrogen and oxygen atoms in total. The van der Waals surface area contributed by atoms with Gasteiger partial charge in [0.15, 0.2) is 26.1 Å². The normalized spacial score (nSPS) is 12.1. The van der Waals surface area contributed by atoms with Crippen LogP contribution in [0.25, 0.3) is 10.2 Å². The third kappa shape index (κ3) is 5.79. The molecule has 0 unspecified atom stereocenters. The molecule has 1 amide bonds. The monoisotopic (exact) mass is 492 g/mol. The number of aromatic nitrogens is 1. The topological polar surface area (TPSA) is 113 Å². The molecule has 0 atom stereocenters. The second-order valence-corrected chi connectivity index (χ2v) is 10.1. The number of hydrogen-bond acceptors (Lipinski definition) is 8. The van der Waals surface area contributed by atoms with Gasteiger partial charge in [0, 0.05) is 18.4 Å². The number of ether oxygens (including phenoxy) is 3. The molecule has 176 valence electrons. The SMILES string of the molecule is CCOC(=O)Cn1c(=NC(=O)Cc2ccc(S(C)(=O)=O)cc2)sc2cc(OC)c(OC)cc21. The van der Waals surface area contributed by atoms with Crippen molar-refractivity contribution in [1.29, 1.82) is 0 Å². The minimum atomic E-state index is -3.32. The zero-order valence-electron chi connectivity index (χ0n) is 18.7. The van der Waals surface area contributed by atoms with Crippen LogP contribution >= 0.6 is 11.3 Å². The molecule has 0 bridgehead atoms. The van der Waals surface area contributed by atoms with Crippen LogP contribution in [0.5, 0.6) is 11.5 Å².